The number of benzene rings is 1. The maximum Gasteiger partial charge on any atom is 0.125 e. The summed E-state index contributed by atoms with van der Waals surface area (Å²) in [5.41, 5.74) is 5.13. The number of hydrogen-bond acceptors (Lipinski definition) is 3. The lowest BCUT2D eigenvalue weighted by atomic mass is 9.97. The predicted octanol–water partition coefficient (Wildman–Crippen LogP) is 2.48. The van der Waals surface area contributed by atoms with Crippen LogP contribution in [0.25, 0.3) is 0 Å². The van der Waals surface area contributed by atoms with Crippen molar-refractivity contribution in [1.82, 2.24) is 4.90 Å². The first-order chi connectivity index (χ1) is 9.01. The van der Waals surface area contributed by atoms with E-state index in [1.54, 1.807) is 7.11 Å². The van der Waals surface area contributed by atoms with Gasteiger partial charge < -0.3 is 14.7 Å². The van der Waals surface area contributed by atoms with Crippen LogP contribution in [0.4, 0.5) is 0 Å². The van der Waals surface area contributed by atoms with Gasteiger partial charge in [0, 0.05) is 19.7 Å². The molecule has 0 aliphatic carbocycles. The summed E-state index contributed by atoms with van der Waals surface area (Å²) in [6, 6.07) is 2.24. The Morgan fingerprint density at radius 1 is 1.16 bits per heavy atom. The number of ether oxygens (including phenoxy) is 1. The van der Waals surface area contributed by atoms with Crippen LogP contribution in [0.5, 0.6) is 5.75 Å². The topological polar surface area (TPSA) is 32.7 Å². The highest BCUT2D eigenvalue weighted by atomic mass is 16.5. The molecule has 0 aliphatic heterocycles. The highest BCUT2D eigenvalue weighted by Crippen LogP contribution is 2.29. The molecular formula is C16H27NO2. The number of aliphatic hydroxyl groups excluding tert-OH is 1. The summed E-state index contributed by atoms with van der Waals surface area (Å²) < 4.78 is 5.59. The molecule has 19 heavy (non-hydrogen) atoms. The van der Waals surface area contributed by atoms with E-state index in [1.165, 1.54) is 22.3 Å². The van der Waals surface area contributed by atoms with Crippen molar-refractivity contribution in [2.75, 3.05) is 33.9 Å². The lowest BCUT2D eigenvalue weighted by Gasteiger charge is -2.20. The van der Waals surface area contributed by atoms with Crippen LogP contribution >= 0.6 is 0 Å². The predicted molar refractivity (Wildman–Crippen MR) is 80.1 cm³/mol. The van der Waals surface area contributed by atoms with Gasteiger partial charge in [0.25, 0.3) is 0 Å². The second-order valence-electron chi connectivity index (χ2n) is 5.28. The van der Waals surface area contributed by atoms with Gasteiger partial charge in [0.1, 0.15) is 5.75 Å². The molecule has 0 bridgehead atoms. The minimum absolute atomic E-state index is 0.260. The number of aliphatic hydroxyl groups is 1. The zero-order chi connectivity index (χ0) is 14.4. The quantitative estimate of drug-likeness (QED) is 0.822. The van der Waals surface area contributed by atoms with E-state index >= 15 is 0 Å². The van der Waals surface area contributed by atoms with Gasteiger partial charge in [0.05, 0.1) is 7.11 Å². The minimum Gasteiger partial charge on any atom is -0.496 e. The Labute approximate surface area is 117 Å². The van der Waals surface area contributed by atoms with Gasteiger partial charge in [0.2, 0.25) is 0 Å². The molecule has 0 heterocycles. The van der Waals surface area contributed by atoms with Crippen molar-refractivity contribution in [2.24, 2.45) is 0 Å². The Balaban J connectivity index is 2.80. The lowest BCUT2D eigenvalue weighted by molar-refractivity contribution is 0.248. The molecule has 0 radical (unpaired) electrons. The van der Waals surface area contributed by atoms with Crippen molar-refractivity contribution < 1.29 is 9.84 Å². The Bertz CT molecular complexity index is 416. The highest BCUT2D eigenvalue weighted by molar-refractivity contribution is 5.49. The summed E-state index contributed by atoms with van der Waals surface area (Å²) >= 11 is 0. The lowest BCUT2D eigenvalue weighted by Crippen LogP contribution is -2.23. The largest absolute Gasteiger partial charge is 0.496 e. The zero-order valence-corrected chi connectivity index (χ0v) is 12.9. The Morgan fingerprint density at radius 2 is 1.84 bits per heavy atom. The van der Waals surface area contributed by atoms with Gasteiger partial charge in [-0.2, -0.15) is 0 Å². The first-order valence-electron chi connectivity index (χ1n) is 6.94. The SMILES string of the molecule is COc1c(C)c(C)cc(C)c1CCN(C)CCCO. The molecule has 0 saturated heterocycles. The monoisotopic (exact) mass is 265 g/mol. The molecule has 3 heteroatoms. The standard InChI is InChI=1S/C16H27NO2/c1-12-11-13(2)15(16(19-5)14(12)3)7-9-17(4)8-6-10-18/h11,18H,6-10H2,1-5H3. The van der Waals surface area contributed by atoms with Crippen LogP contribution in [-0.4, -0.2) is 43.9 Å². The van der Waals surface area contributed by atoms with Gasteiger partial charge in [-0.25, -0.2) is 0 Å². The zero-order valence-electron chi connectivity index (χ0n) is 12.9. The molecule has 1 aromatic carbocycles. The van der Waals surface area contributed by atoms with E-state index in [-0.39, 0.29) is 6.61 Å². The van der Waals surface area contributed by atoms with Crippen molar-refractivity contribution in [2.45, 2.75) is 33.6 Å². The Morgan fingerprint density at radius 3 is 2.42 bits per heavy atom. The number of methoxy groups -OCH3 is 1. The summed E-state index contributed by atoms with van der Waals surface area (Å²) in [7, 11) is 3.85. The van der Waals surface area contributed by atoms with Gasteiger partial charge in [0.15, 0.2) is 0 Å². The van der Waals surface area contributed by atoms with Crippen LogP contribution in [0.15, 0.2) is 6.07 Å². The first-order valence-corrected chi connectivity index (χ1v) is 6.94. The minimum atomic E-state index is 0.260. The van der Waals surface area contributed by atoms with Crippen molar-refractivity contribution >= 4 is 0 Å². The molecule has 0 spiro atoms. The normalized spacial score (nSPS) is 11.1. The molecule has 0 fully saturated rings. The second-order valence-corrected chi connectivity index (χ2v) is 5.28. The maximum atomic E-state index is 8.85. The molecule has 0 aromatic heterocycles. The molecule has 1 aromatic rings. The number of nitrogens with zero attached hydrogens (tertiary/aromatic N) is 1. The van der Waals surface area contributed by atoms with Crippen molar-refractivity contribution in [3.05, 3.63) is 28.3 Å². The smallest absolute Gasteiger partial charge is 0.125 e. The Hall–Kier alpha value is -1.06. The van der Waals surface area contributed by atoms with Gasteiger partial charge in [-0.05, 0) is 62.9 Å². The van der Waals surface area contributed by atoms with Crippen LogP contribution in [0.1, 0.15) is 28.7 Å². The van der Waals surface area contributed by atoms with Crippen molar-refractivity contribution in [3.8, 4) is 5.75 Å². The molecule has 0 amide bonds. The molecule has 1 N–H and O–H groups in total. The van der Waals surface area contributed by atoms with Crippen molar-refractivity contribution in [1.29, 1.82) is 0 Å². The molecule has 1 rings (SSSR count). The molecule has 0 atom stereocenters. The number of likely N-dealkylation sites (N-methyl/N-ethyl adjacent to an activating group) is 1. The first kappa shape index (κ1) is 16.0. The van der Waals surface area contributed by atoms with Gasteiger partial charge in [-0.15, -0.1) is 0 Å². The van der Waals surface area contributed by atoms with E-state index in [2.05, 4.69) is 38.8 Å². The van der Waals surface area contributed by atoms with E-state index in [0.717, 1.165) is 31.7 Å². The summed E-state index contributed by atoms with van der Waals surface area (Å²) in [4.78, 5) is 2.25. The van der Waals surface area contributed by atoms with Crippen LogP contribution in [-0.2, 0) is 6.42 Å². The third-order valence-corrected chi connectivity index (χ3v) is 3.76. The third-order valence-electron chi connectivity index (χ3n) is 3.76. The molecule has 0 aliphatic rings. The van der Waals surface area contributed by atoms with Crippen molar-refractivity contribution in [3.63, 3.8) is 0 Å². The maximum absolute atomic E-state index is 8.85. The van der Waals surface area contributed by atoms with E-state index in [9.17, 15) is 0 Å². The van der Waals surface area contributed by atoms with Crippen LogP contribution in [0.2, 0.25) is 0 Å². The molecular weight excluding hydrogens is 238 g/mol. The molecule has 108 valence electrons. The average molecular weight is 265 g/mol. The highest BCUT2D eigenvalue weighted by Gasteiger charge is 2.12. The van der Waals surface area contributed by atoms with Gasteiger partial charge in [-0.1, -0.05) is 6.07 Å². The van der Waals surface area contributed by atoms with E-state index in [0.29, 0.717) is 0 Å². The van der Waals surface area contributed by atoms with Gasteiger partial charge >= 0.3 is 0 Å². The average Bonchev–Trinajstić information content (AvgIpc) is 2.38. The van der Waals surface area contributed by atoms with Gasteiger partial charge in [-0.3, -0.25) is 0 Å². The van der Waals surface area contributed by atoms with Crippen LogP contribution in [0, 0.1) is 20.8 Å². The molecule has 0 saturated carbocycles. The number of hydrogen-bond donors (Lipinski definition) is 1. The van der Waals surface area contributed by atoms with Crippen LogP contribution in [0.3, 0.4) is 0 Å². The van der Waals surface area contributed by atoms with E-state index < -0.39 is 0 Å². The van der Waals surface area contributed by atoms with E-state index in [4.69, 9.17) is 9.84 Å². The number of rotatable bonds is 7. The second kappa shape index (κ2) is 7.51. The summed E-state index contributed by atoms with van der Waals surface area (Å²) in [6.45, 7) is 8.57. The molecule has 3 nitrogen and oxygen atoms in total. The summed E-state index contributed by atoms with van der Waals surface area (Å²) in [5.74, 6) is 1.04. The molecule has 0 unspecified atom stereocenters. The fraction of sp³-hybridized carbons (Fsp3) is 0.625. The number of aryl methyl sites for hydroxylation is 2. The summed E-state index contributed by atoms with van der Waals surface area (Å²) in [5, 5.41) is 8.85. The fourth-order valence-electron chi connectivity index (χ4n) is 2.45. The van der Waals surface area contributed by atoms with Crippen LogP contribution < -0.4 is 4.74 Å². The third kappa shape index (κ3) is 4.22. The Kier molecular flexibility index (Phi) is 6.32. The van der Waals surface area contributed by atoms with E-state index in [1.807, 2.05) is 0 Å². The summed E-state index contributed by atoms with van der Waals surface area (Å²) in [6.07, 6.45) is 1.82. The fourth-order valence-corrected chi connectivity index (χ4v) is 2.45.